The molecule has 0 aliphatic carbocycles. The molecule has 1 aliphatic heterocycles. The predicted molar refractivity (Wildman–Crippen MR) is 58.5 cm³/mol. The minimum absolute atomic E-state index is 0.560. The first-order valence-electron chi connectivity index (χ1n) is 4.86. The maximum Gasteiger partial charge on any atom is 0.254 e. The molecule has 1 atom stereocenters. The molecule has 0 amide bonds. The minimum atomic E-state index is -0.576. The minimum Gasteiger partial charge on any atom is -0.392 e. The second-order valence-electron chi connectivity index (χ2n) is 3.85. The monoisotopic (exact) mass is 203 g/mol. The molecule has 2 rings (SSSR count). The Hall–Kier alpha value is -1.77. The Labute approximate surface area is 88.8 Å². The molecule has 0 aromatic heterocycles. The van der Waals surface area contributed by atoms with Crippen molar-refractivity contribution in [2.24, 2.45) is 0 Å². The molecule has 1 heterocycles. The summed E-state index contributed by atoms with van der Waals surface area (Å²) in [5, 5.41) is 11.6. The van der Waals surface area contributed by atoms with Crippen molar-refractivity contribution in [3.05, 3.63) is 53.8 Å². The molecule has 3 nitrogen and oxygen atoms in total. The van der Waals surface area contributed by atoms with Gasteiger partial charge in [0.1, 0.15) is 5.60 Å². The third kappa shape index (κ3) is 1.73. The first-order valence-corrected chi connectivity index (χ1v) is 4.86. The number of benzene rings is 1. The zero-order chi connectivity index (χ0) is 10.9. The summed E-state index contributed by atoms with van der Waals surface area (Å²) in [6.07, 6.45) is 2.22. The van der Waals surface area contributed by atoms with Gasteiger partial charge in [-0.3, -0.25) is 5.21 Å². The third-order valence-corrected chi connectivity index (χ3v) is 2.57. The molecule has 0 saturated heterocycles. The topological polar surface area (TPSA) is 35.3 Å². The van der Waals surface area contributed by atoms with Gasteiger partial charge in [0.05, 0.1) is 6.42 Å². The van der Waals surface area contributed by atoms with Crippen LogP contribution in [-0.2, 0) is 4.84 Å². The Morgan fingerprint density at radius 2 is 2.13 bits per heavy atom. The molecule has 1 aliphatic rings. The van der Waals surface area contributed by atoms with Crippen LogP contribution in [0.5, 0.6) is 0 Å². The summed E-state index contributed by atoms with van der Waals surface area (Å²) in [5.74, 6) is 0. The average molecular weight is 203 g/mol. The van der Waals surface area contributed by atoms with E-state index in [-0.39, 0.29) is 0 Å². The van der Waals surface area contributed by atoms with E-state index in [2.05, 4.69) is 6.58 Å². The van der Waals surface area contributed by atoms with Gasteiger partial charge < -0.3 is 4.84 Å². The van der Waals surface area contributed by atoms with E-state index >= 15 is 0 Å². The van der Waals surface area contributed by atoms with Crippen molar-refractivity contribution in [3.8, 4) is 0 Å². The highest BCUT2D eigenvalue weighted by atomic mass is 16.9. The van der Waals surface area contributed by atoms with Crippen LogP contribution in [0.2, 0.25) is 0 Å². The van der Waals surface area contributed by atoms with Crippen LogP contribution in [0.1, 0.15) is 18.9 Å². The van der Waals surface area contributed by atoms with Gasteiger partial charge in [-0.2, -0.15) is 0 Å². The molecular weight excluding hydrogens is 190 g/mol. The van der Waals surface area contributed by atoms with E-state index < -0.39 is 5.60 Å². The van der Waals surface area contributed by atoms with Crippen molar-refractivity contribution < 1.29 is 9.74 Å². The Balaban J connectivity index is 2.33. The number of rotatable bonds is 2. The summed E-state index contributed by atoms with van der Waals surface area (Å²) in [6.45, 7) is 5.52. The summed E-state index contributed by atoms with van der Waals surface area (Å²) in [6, 6.07) is 9.53. The quantitative estimate of drug-likeness (QED) is 0.546. The highest BCUT2D eigenvalue weighted by Crippen LogP contribution is 2.26. The highest BCUT2D eigenvalue weighted by molar-refractivity contribution is 5.98. The average Bonchev–Trinajstić information content (AvgIpc) is 2.57. The van der Waals surface area contributed by atoms with Crippen molar-refractivity contribution in [1.29, 1.82) is 0 Å². The molecule has 1 aromatic rings. The lowest BCUT2D eigenvalue weighted by atomic mass is 9.96. The first-order chi connectivity index (χ1) is 7.14. The van der Waals surface area contributed by atoms with Crippen LogP contribution in [0.15, 0.2) is 43.0 Å². The normalized spacial score (nSPS) is 25.1. The number of nitrogens with zero attached hydrogens (tertiary/aromatic N) is 1. The number of hydrogen-bond donors (Lipinski definition) is 0. The zero-order valence-electron chi connectivity index (χ0n) is 8.64. The SMILES string of the molecule is C=CC1(C)CC(c2ccccc2)=[N+]([O-])O1. The van der Waals surface area contributed by atoms with E-state index in [9.17, 15) is 5.21 Å². The van der Waals surface area contributed by atoms with Gasteiger partial charge in [-0.05, 0) is 19.1 Å². The van der Waals surface area contributed by atoms with Crippen molar-refractivity contribution in [1.82, 2.24) is 0 Å². The Kier molecular flexibility index (Phi) is 2.23. The zero-order valence-corrected chi connectivity index (χ0v) is 8.64. The molecule has 1 aromatic carbocycles. The van der Waals surface area contributed by atoms with Crippen LogP contribution in [0.25, 0.3) is 0 Å². The molecule has 0 N–H and O–H groups in total. The summed E-state index contributed by atoms with van der Waals surface area (Å²) in [5.41, 5.74) is 0.975. The van der Waals surface area contributed by atoms with Gasteiger partial charge in [-0.1, -0.05) is 24.3 Å². The van der Waals surface area contributed by atoms with Crippen LogP contribution >= 0.6 is 0 Å². The van der Waals surface area contributed by atoms with Crippen LogP contribution < -0.4 is 0 Å². The van der Waals surface area contributed by atoms with E-state index in [0.29, 0.717) is 17.0 Å². The molecule has 0 radical (unpaired) electrons. The van der Waals surface area contributed by atoms with Crippen molar-refractivity contribution in [3.63, 3.8) is 0 Å². The first kappa shape index (κ1) is 9.77. The van der Waals surface area contributed by atoms with Gasteiger partial charge in [-0.15, -0.1) is 6.58 Å². The summed E-state index contributed by atoms with van der Waals surface area (Å²) in [7, 11) is 0. The third-order valence-electron chi connectivity index (χ3n) is 2.57. The Morgan fingerprint density at radius 1 is 1.47 bits per heavy atom. The molecule has 0 spiro atoms. The second kappa shape index (κ2) is 3.42. The fourth-order valence-corrected chi connectivity index (χ4v) is 1.62. The van der Waals surface area contributed by atoms with E-state index in [1.54, 1.807) is 6.08 Å². The molecule has 0 bridgehead atoms. The molecule has 15 heavy (non-hydrogen) atoms. The van der Waals surface area contributed by atoms with Gasteiger partial charge in [0.2, 0.25) is 0 Å². The molecule has 3 heteroatoms. The molecule has 78 valence electrons. The number of hydrogen-bond acceptors (Lipinski definition) is 2. The second-order valence-corrected chi connectivity index (χ2v) is 3.85. The maximum atomic E-state index is 11.6. The fraction of sp³-hybridized carbons (Fsp3) is 0.250. The van der Waals surface area contributed by atoms with Gasteiger partial charge in [0.15, 0.2) is 0 Å². The molecular formula is C12H13NO2. The molecule has 0 fully saturated rings. The maximum absolute atomic E-state index is 11.6. The van der Waals surface area contributed by atoms with Crippen LogP contribution in [0.3, 0.4) is 0 Å². The largest absolute Gasteiger partial charge is 0.392 e. The van der Waals surface area contributed by atoms with E-state index in [1.807, 2.05) is 37.3 Å². The van der Waals surface area contributed by atoms with E-state index in [4.69, 9.17) is 4.84 Å². The smallest absolute Gasteiger partial charge is 0.254 e. The summed E-state index contributed by atoms with van der Waals surface area (Å²) in [4.78, 5) is 5.78. The molecule has 0 saturated carbocycles. The fourth-order valence-electron chi connectivity index (χ4n) is 1.62. The predicted octanol–water partition coefficient (Wildman–Crippen LogP) is 2.27. The van der Waals surface area contributed by atoms with Crippen molar-refractivity contribution in [2.75, 3.05) is 0 Å². The van der Waals surface area contributed by atoms with Crippen molar-refractivity contribution in [2.45, 2.75) is 18.9 Å². The van der Waals surface area contributed by atoms with Gasteiger partial charge >= 0.3 is 0 Å². The standard InChI is InChI=1S/C12H13NO2/c1-3-12(2)9-11(13(14)15-12)10-7-5-4-6-8-10/h3-8H,1,9H2,2H3. The molecule has 1 unspecified atom stereocenters. The lowest BCUT2D eigenvalue weighted by molar-refractivity contribution is -0.747. The van der Waals surface area contributed by atoms with Gasteiger partial charge in [-0.25, -0.2) is 0 Å². The Morgan fingerprint density at radius 3 is 2.67 bits per heavy atom. The lowest BCUT2D eigenvalue weighted by Crippen LogP contribution is -2.22. The van der Waals surface area contributed by atoms with Gasteiger partial charge in [0.25, 0.3) is 5.71 Å². The Bertz CT molecular complexity index is 411. The van der Waals surface area contributed by atoms with Gasteiger partial charge in [0, 0.05) is 10.5 Å². The highest BCUT2D eigenvalue weighted by Gasteiger charge is 2.36. The van der Waals surface area contributed by atoms with Crippen LogP contribution in [-0.4, -0.2) is 16.2 Å². The summed E-state index contributed by atoms with van der Waals surface area (Å²) >= 11 is 0. The van der Waals surface area contributed by atoms with Crippen LogP contribution in [0.4, 0.5) is 0 Å². The van der Waals surface area contributed by atoms with E-state index in [0.717, 1.165) is 5.56 Å². The van der Waals surface area contributed by atoms with Crippen molar-refractivity contribution >= 4 is 5.71 Å². The van der Waals surface area contributed by atoms with Crippen LogP contribution in [0, 0.1) is 5.21 Å². The summed E-state index contributed by atoms with van der Waals surface area (Å²) < 4.78 is 0. The lowest BCUT2D eigenvalue weighted by Gasteiger charge is -2.18. The van der Waals surface area contributed by atoms with E-state index in [1.165, 1.54) is 0 Å².